The number of hydrogen-bond acceptors (Lipinski definition) is 4. The van der Waals surface area contributed by atoms with E-state index in [2.05, 4.69) is 4.98 Å². The Hall–Kier alpha value is -2.32. The number of ether oxygens (including phenoxy) is 1. The molecule has 0 radical (unpaired) electrons. The van der Waals surface area contributed by atoms with Crippen molar-refractivity contribution in [2.24, 2.45) is 0 Å². The van der Waals surface area contributed by atoms with E-state index in [1.54, 1.807) is 29.3 Å². The Balaban J connectivity index is 1.57. The fourth-order valence-corrected chi connectivity index (χ4v) is 4.61. The SMILES string of the molecule is O=C(N1CCN(c2ncccc2Cl)CC1)C1(c2cccc(C(F)(F)F)c2)CCOCC1. The highest BCUT2D eigenvalue weighted by Crippen LogP contribution is 2.40. The zero-order valence-corrected chi connectivity index (χ0v) is 17.6. The average Bonchev–Trinajstić information content (AvgIpc) is 2.79. The smallest absolute Gasteiger partial charge is 0.381 e. The molecule has 1 amide bonds. The van der Waals surface area contributed by atoms with Crippen molar-refractivity contribution in [1.29, 1.82) is 0 Å². The van der Waals surface area contributed by atoms with E-state index in [1.165, 1.54) is 6.07 Å². The van der Waals surface area contributed by atoms with Crippen molar-refractivity contribution in [3.8, 4) is 0 Å². The third-order valence-electron chi connectivity index (χ3n) is 6.10. The van der Waals surface area contributed by atoms with Crippen LogP contribution in [0.2, 0.25) is 5.02 Å². The number of nitrogens with zero attached hydrogens (tertiary/aromatic N) is 3. The molecule has 3 heterocycles. The Morgan fingerprint density at radius 1 is 1.06 bits per heavy atom. The molecule has 0 aliphatic carbocycles. The Kier molecular flexibility index (Phi) is 6.12. The van der Waals surface area contributed by atoms with Crippen LogP contribution in [0.15, 0.2) is 42.6 Å². The molecule has 4 rings (SSSR count). The van der Waals surface area contributed by atoms with Crippen LogP contribution in [0.5, 0.6) is 0 Å². The molecule has 1 aromatic heterocycles. The van der Waals surface area contributed by atoms with Gasteiger partial charge in [0.1, 0.15) is 5.82 Å². The number of amides is 1. The van der Waals surface area contributed by atoms with Crippen LogP contribution in [0.1, 0.15) is 24.0 Å². The summed E-state index contributed by atoms with van der Waals surface area (Å²) in [4.78, 5) is 21.8. The first kappa shape index (κ1) is 21.9. The molecule has 1 aromatic carbocycles. The normalized spacial score (nSPS) is 19.4. The summed E-state index contributed by atoms with van der Waals surface area (Å²) in [7, 11) is 0. The Morgan fingerprint density at radius 3 is 2.42 bits per heavy atom. The minimum Gasteiger partial charge on any atom is -0.381 e. The number of benzene rings is 1. The third kappa shape index (κ3) is 4.36. The molecule has 5 nitrogen and oxygen atoms in total. The standard InChI is InChI=1S/C22H23ClF3N3O2/c23-18-5-2-8-27-19(18)28-9-11-29(12-10-28)20(30)21(6-13-31-14-7-21)16-3-1-4-17(15-16)22(24,25)26/h1-5,8,15H,6-7,9-14H2. The fraction of sp³-hybridized carbons (Fsp3) is 0.455. The van der Waals surface area contributed by atoms with Crippen molar-refractivity contribution in [1.82, 2.24) is 9.88 Å². The van der Waals surface area contributed by atoms with Gasteiger partial charge in [0.15, 0.2) is 0 Å². The van der Waals surface area contributed by atoms with Crippen LogP contribution in [-0.2, 0) is 21.1 Å². The first-order valence-corrected chi connectivity index (χ1v) is 10.6. The van der Waals surface area contributed by atoms with Gasteiger partial charge in [-0.3, -0.25) is 4.79 Å². The van der Waals surface area contributed by atoms with Crippen molar-refractivity contribution < 1.29 is 22.7 Å². The molecular weight excluding hydrogens is 431 g/mol. The van der Waals surface area contributed by atoms with Gasteiger partial charge in [0.25, 0.3) is 0 Å². The average molecular weight is 454 g/mol. The number of rotatable bonds is 3. The van der Waals surface area contributed by atoms with Crippen LogP contribution in [-0.4, -0.2) is 55.2 Å². The number of alkyl halides is 3. The maximum atomic E-state index is 13.7. The van der Waals surface area contributed by atoms with E-state index in [0.717, 1.165) is 12.1 Å². The minimum absolute atomic E-state index is 0.137. The van der Waals surface area contributed by atoms with E-state index in [-0.39, 0.29) is 5.91 Å². The number of hydrogen-bond donors (Lipinski definition) is 0. The quantitative estimate of drug-likeness (QED) is 0.700. The number of halogens is 4. The van der Waals surface area contributed by atoms with Crippen LogP contribution in [0, 0.1) is 0 Å². The molecule has 166 valence electrons. The molecule has 2 aliphatic rings. The van der Waals surface area contributed by atoms with E-state index >= 15 is 0 Å². The summed E-state index contributed by atoms with van der Waals surface area (Å²) < 4.78 is 45.4. The largest absolute Gasteiger partial charge is 0.416 e. The van der Waals surface area contributed by atoms with Gasteiger partial charge < -0.3 is 14.5 Å². The zero-order valence-electron chi connectivity index (χ0n) is 16.9. The highest BCUT2D eigenvalue weighted by molar-refractivity contribution is 6.32. The summed E-state index contributed by atoms with van der Waals surface area (Å²) in [5.74, 6) is 0.539. The molecule has 0 atom stereocenters. The molecule has 0 N–H and O–H groups in total. The van der Waals surface area contributed by atoms with E-state index in [1.807, 2.05) is 4.90 Å². The van der Waals surface area contributed by atoms with Crippen LogP contribution in [0.3, 0.4) is 0 Å². The van der Waals surface area contributed by atoms with Crippen molar-refractivity contribution in [2.45, 2.75) is 24.4 Å². The molecule has 2 saturated heterocycles. The number of piperazine rings is 1. The van der Waals surface area contributed by atoms with E-state index in [9.17, 15) is 18.0 Å². The molecule has 0 bridgehead atoms. The first-order valence-electron chi connectivity index (χ1n) is 10.2. The van der Waals surface area contributed by atoms with Gasteiger partial charge in [0.05, 0.1) is 16.0 Å². The second kappa shape index (κ2) is 8.67. The van der Waals surface area contributed by atoms with Gasteiger partial charge in [-0.25, -0.2) is 4.98 Å². The predicted octanol–water partition coefficient (Wildman–Crippen LogP) is 4.15. The number of aromatic nitrogens is 1. The summed E-state index contributed by atoms with van der Waals surface area (Å²) in [6, 6.07) is 8.69. The van der Waals surface area contributed by atoms with Crippen molar-refractivity contribution >= 4 is 23.3 Å². The molecule has 2 aliphatic heterocycles. The molecule has 0 spiro atoms. The lowest BCUT2D eigenvalue weighted by Crippen LogP contribution is -2.56. The molecule has 0 saturated carbocycles. The third-order valence-corrected chi connectivity index (χ3v) is 6.40. The van der Waals surface area contributed by atoms with Crippen molar-refractivity contribution in [3.63, 3.8) is 0 Å². The first-order chi connectivity index (χ1) is 14.8. The van der Waals surface area contributed by atoms with Gasteiger partial charge in [-0.05, 0) is 36.6 Å². The summed E-state index contributed by atoms with van der Waals surface area (Å²) in [5.41, 5.74) is -1.34. The van der Waals surface area contributed by atoms with Crippen LogP contribution in [0.25, 0.3) is 0 Å². The lowest BCUT2D eigenvalue weighted by Gasteiger charge is -2.43. The summed E-state index contributed by atoms with van der Waals surface area (Å²) in [6.07, 6.45) is -2.07. The summed E-state index contributed by atoms with van der Waals surface area (Å²) in [5, 5.41) is 0.548. The number of anilines is 1. The molecule has 0 unspecified atom stereocenters. The van der Waals surface area contributed by atoms with Gasteiger partial charge in [-0.15, -0.1) is 0 Å². The summed E-state index contributed by atoms with van der Waals surface area (Å²) >= 11 is 6.24. The van der Waals surface area contributed by atoms with Gasteiger partial charge >= 0.3 is 6.18 Å². The lowest BCUT2D eigenvalue weighted by atomic mass is 9.72. The molecular formula is C22H23ClF3N3O2. The Labute approximate surface area is 183 Å². The number of carbonyl (C=O) groups excluding carboxylic acids is 1. The monoisotopic (exact) mass is 453 g/mol. The van der Waals surface area contributed by atoms with Crippen LogP contribution < -0.4 is 4.90 Å². The van der Waals surface area contributed by atoms with Crippen LogP contribution >= 0.6 is 11.6 Å². The summed E-state index contributed by atoms with van der Waals surface area (Å²) in [6.45, 7) is 2.69. The lowest BCUT2D eigenvalue weighted by molar-refractivity contribution is -0.142. The fourth-order valence-electron chi connectivity index (χ4n) is 4.37. The second-order valence-corrected chi connectivity index (χ2v) is 8.27. The molecule has 2 aromatic rings. The van der Waals surface area contributed by atoms with Gasteiger partial charge in [0.2, 0.25) is 5.91 Å². The van der Waals surface area contributed by atoms with Gasteiger partial charge in [0, 0.05) is 45.6 Å². The predicted molar refractivity (Wildman–Crippen MR) is 111 cm³/mol. The van der Waals surface area contributed by atoms with Gasteiger partial charge in [-0.1, -0.05) is 29.8 Å². The second-order valence-electron chi connectivity index (χ2n) is 7.86. The van der Waals surface area contributed by atoms with Crippen molar-refractivity contribution in [3.05, 3.63) is 58.7 Å². The van der Waals surface area contributed by atoms with Gasteiger partial charge in [-0.2, -0.15) is 13.2 Å². The van der Waals surface area contributed by atoms with E-state index in [0.29, 0.717) is 68.6 Å². The molecule has 9 heteroatoms. The maximum absolute atomic E-state index is 13.7. The molecule has 2 fully saturated rings. The Morgan fingerprint density at radius 2 is 1.77 bits per heavy atom. The van der Waals surface area contributed by atoms with E-state index < -0.39 is 17.2 Å². The topological polar surface area (TPSA) is 45.7 Å². The highest BCUT2D eigenvalue weighted by Gasteiger charge is 2.45. The number of carbonyl (C=O) groups is 1. The highest BCUT2D eigenvalue weighted by atomic mass is 35.5. The zero-order chi connectivity index (χ0) is 22.1. The number of pyridine rings is 1. The minimum atomic E-state index is -4.46. The van der Waals surface area contributed by atoms with Crippen molar-refractivity contribution in [2.75, 3.05) is 44.3 Å². The van der Waals surface area contributed by atoms with Crippen LogP contribution in [0.4, 0.5) is 19.0 Å². The Bertz CT molecular complexity index is 940. The van der Waals surface area contributed by atoms with E-state index in [4.69, 9.17) is 16.3 Å². The molecule has 31 heavy (non-hydrogen) atoms. The maximum Gasteiger partial charge on any atom is 0.416 e.